The lowest BCUT2D eigenvalue weighted by Gasteiger charge is -2.26. The maximum Gasteiger partial charge on any atom is 0.286 e. The summed E-state index contributed by atoms with van der Waals surface area (Å²) in [5.74, 6) is -0.429. The third-order valence-electron chi connectivity index (χ3n) is 5.52. The zero-order valence-electron chi connectivity index (χ0n) is 18.3. The molecule has 8 nitrogen and oxygen atoms in total. The number of aromatic nitrogens is 2. The predicted molar refractivity (Wildman–Crippen MR) is 129 cm³/mol. The van der Waals surface area contributed by atoms with E-state index in [9.17, 15) is 9.90 Å². The van der Waals surface area contributed by atoms with Crippen molar-refractivity contribution in [1.82, 2.24) is 20.2 Å². The van der Waals surface area contributed by atoms with E-state index in [-0.39, 0.29) is 5.69 Å². The third kappa shape index (κ3) is 5.25. The SMILES string of the molecule is N#CCCc1ccc(-c2c(CO)c(C(=O)NN3CCOCC3)nn2-c2ccc(Cl)cc2Cl)cc1. The second kappa shape index (κ2) is 11.0. The lowest BCUT2D eigenvalue weighted by molar-refractivity contribution is 0.0124. The normalized spacial score (nSPS) is 14.1. The molecule has 3 aromatic rings. The van der Waals surface area contributed by atoms with Crippen molar-refractivity contribution in [3.8, 4) is 23.0 Å². The van der Waals surface area contributed by atoms with Crippen LogP contribution in [0.3, 0.4) is 0 Å². The first kappa shape index (κ1) is 24.2. The van der Waals surface area contributed by atoms with Gasteiger partial charge in [-0.05, 0) is 30.2 Å². The molecule has 2 N–H and O–H groups in total. The molecule has 10 heteroatoms. The maximum absolute atomic E-state index is 13.2. The van der Waals surface area contributed by atoms with E-state index in [1.807, 2.05) is 24.3 Å². The van der Waals surface area contributed by atoms with Gasteiger partial charge >= 0.3 is 0 Å². The highest BCUT2D eigenvalue weighted by Gasteiger charge is 2.26. The monoisotopic (exact) mass is 499 g/mol. The molecule has 2 heterocycles. The first-order chi connectivity index (χ1) is 16.5. The molecular formula is C24H23Cl2N5O3. The first-order valence-electron chi connectivity index (χ1n) is 10.8. The Bertz CT molecular complexity index is 1210. The number of hydrogen-bond acceptors (Lipinski definition) is 6. The van der Waals surface area contributed by atoms with Crippen LogP contribution in [-0.4, -0.2) is 52.1 Å². The number of nitriles is 1. The Morgan fingerprint density at radius 1 is 1.18 bits per heavy atom. The van der Waals surface area contributed by atoms with Gasteiger partial charge in [-0.15, -0.1) is 0 Å². The van der Waals surface area contributed by atoms with E-state index in [0.29, 0.717) is 66.1 Å². The van der Waals surface area contributed by atoms with Crippen molar-refractivity contribution < 1.29 is 14.6 Å². The van der Waals surface area contributed by atoms with Gasteiger partial charge in [-0.2, -0.15) is 10.4 Å². The summed E-state index contributed by atoms with van der Waals surface area (Å²) in [4.78, 5) is 13.2. The highest BCUT2D eigenvalue weighted by molar-refractivity contribution is 6.35. The zero-order valence-corrected chi connectivity index (χ0v) is 19.8. The lowest BCUT2D eigenvalue weighted by Crippen LogP contribution is -2.48. The van der Waals surface area contributed by atoms with Gasteiger partial charge in [0, 0.05) is 35.7 Å². The smallest absolute Gasteiger partial charge is 0.286 e. The van der Waals surface area contributed by atoms with Gasteiger partial charge in [-0.1, -0.05) is 47.5 Å². The number of ether oxygens (including phenoxy) is 1. The van der Waals surface area contributed by atoms with Crippen molar-refractivity contribution >= 4 is 29.1 Å². The number of hydrogen-bond donors (Lipinski definition) is 2. The fourth-order valence-electron chi connectivity index (χ4n) is 3.81. The first-order valence-corrected chi connectivity index (χ1v) is 11.6. The minimum absolute atomic E-state index is 0.101. The van der Waals surface area contributed by atoms with Crippen LogP contribution in [0.15, 0.2) is 42.5 Å². The standard InChI is InChI=1S/C24H23Cl2N5O3/c25-18-7-8-21(20(26)14-18)31-23(17-5-3-16(4-6-17)2-1-9-27)19(15-32)22(28-31)24(33)29-30-10-12-34-13-11-30/h3-8,14,32H,1-2,10-13,15H2,(H,29,33). The van der Waals surface area contributed by atoms with E-state index in [2.05, 4.69) is 16.6 Å². The molecule has 0 unspecified atom stereocenters. The van der Waals surface area contributed by atoms with Crippen LogP contribution >= 0.6 is 23.2 Å². The topological polar surface area (TPSA) is 103 Å². The number of nitrogens with one attached hydrogen (secondary N) is 1. The van der Waals surface area contributed by atoms with Crippen LogP contribution in [0.25, 0.3) is 16.9 Å². The van der Waals surface area contributed by atoms with Crippen molar-refractivity contribution in [2.45, 2.75) is 19.4 Å². The Kier molecular flexibility index (Phi) is 7.83. The zero-order chi connectivity index (χ0) is 24.1. The highest BCUT2D eigenvalue weighted by Crippen LogP contribution is 2.33. The largest absolute Gasteiger partial charge is 0.392 e. The van der Waals surface area contributed by atoms with Gasteiger partial charge in [0.1, 0.15) is 0 Å². The van der Waals surface area contributed by atoms with E-state index in [1.54, 1.807) is 27.9 Å². The summed E-state index contributed by atoms with van der Waals surface area (Å²) in [6.45, 7) is 1.75. The summed E-state index contributed by atoms with van der Waals surface area (Å²) in [5.41, 5.74) is 6.15. The number of hydrazine groups is 1. The van der Waals surface area contributed by atoms with E-state index in [0.717, 1.165) is 11.1 Å². The summed E-state index contributed by atoms with van der Waals surface area (Å²) < 4.78 is 6.89. The van der Waals surface area contributed by atoms with Crippen LogP contribution in [0.5, 0.6) is 0 Å². The van der Waals surface area contributed by atoms with Crippen LogP contribution < -0.4 is 5.43 Å². The molecule has 1 aromatic heterocycles. The molecular weight excluding hydrogens is 477 g/mol. The van der Waals surface area contributed by atoms with Crippen molar-refractivity contribution in [3.63, 3.8) is 0 Å². The summed E-state index contributed by atoms with van der Waals surface area (Å²) >= 11 is 12.6. The van der Waals surface area contributed by atoms with Gasteiger partial charge in [0.2, 0.25) is 0 Å². The summed E-state index contributed by atoms with van der Waals surface area (Å²) in [5, 5.41) is 26.3. The molecule has 0 spiro atoms. The minimum atomic E-state index is -0.429. The molecule has 4 rings (SSSR count). The average molecular weight is 500 g/mol. The molecule has 0 aliphatic carbocycles. The number of rotatable bonds is 7. The number of carbonyl (C=O) groups excluding carboxylic acids is 1. The van der Waals surface area contributed by atoms with Gasteiger partial charge in [0.15, 0.2) is 5.69 Å². The minimum Gasteiger partial charge on any atom is -0.392 e. The Balaban J connectivity index is 1.80. The Morgan fingerprint density at radius 3 is 2.56 bits per heavy atom. The molecule has 0 atom stereocenters. The number of nitrogens with zero attached hydrogens (tertiary/aromatic N) is 4. The van der Waals surface area contributed by atoms with Crippen LogP contribution in [0.2, 0.25) is 10.0 Å². The van der Waals surface area contributed by atoms with Crippen molar-refractivity contribution in [1.29, 1.82) is 5.26 Å². The predicted octanol–water partition coefficient (Wildman–Crippen LogP) is 3.77. The number of morpholine rings is 1. The molecule has 0 radical (unpaired) electrons. The fraction of sp³-hybridized carbons (Fsp3) is 0.292. The Labute approximate surface area is 207 Å². The van der Waals surface area contributed by atoms with E-state index in [4.69, 9.17) is 33.2 Å². The quantitative estimate of drug-likeness (QED) is 0.512. The summed E-state index contributed by atoms with van der Waals surface area (Å²) in [7, 11) is 0. The van der Waals surface area contributed by atoms with Crippen molar-refractivity contribution in [2.75, 3.05) is 26.3 Å². The lowest BCUT2D eigenvalue weighted by atomic mass is 10.0. The van der Waals surface area contributed by atoms with Gasteiger partial charge in [-0.3, -0.25) is 10.2 Å². The second-order valence-electron chi connectivity index (χ2n) is 7.74. The number of carbonyl (C=O) groups is 1. The highest BCUT2D eigenvalue weighted by atomic mass is 35.5. The molecule has 1 aliphatic heterocycles. The molecule has 1 saturated heterocycles. The van der Waals surface area contributed by atoms with E-state index < -0.39 is 12.5 Å². The van der Waals surface area contributed by atoms with Gasteiger partial charge in [0.25, 0.3) is 5.91 Å². The molecule has 1 amide bonds. The van der Waals surface area contributed by atoms with Crippen LogP contribution in [-0.2, 0) is 17.8 Å². The van der Waals surface area contributed by atoms with Crippen LogP contribution in [0.1, 0.15) is 28.0 Å². The maximum atomic E-state index is 13.2. The van der Waals surface area contributed by atoms with Crippen molar-refractivity contribution in [3.05, 3.63) is 69.3 Å². The molecule has 176 valence electrons. The molecule has 0 bridgehead atoms. The van der Waals surface area contributed by atoms with Gasteiger partial charge in [0.05, 0.1) is 42.3 Å². The third-order valence-corrected chi connectivity index (χ3v) is 6.06. The number of amides is 1. The van der Waals surface area contributed by atoms with Crippen LogP contribution in [0, 0.1) is 11.3 Å². The average Bonchev–Trinajstić information content (AvgIpc) is 3.23. The number of benzene rings is 2. The summed E-state index contributed by atoms with van der Waals surface area (Å²) in [6, 6.07) is 14.7. The van der Waals surface area contributed by atoms with E-state index >= 15 is 0 Å². The van der Waals surface area contributed by atoms with Crippen molar-refractivity contribution in [2.24, 2.45) is 0 Å². The van der Waals surface area contributed by atoms with Gasteiger partial charge < -0.3 is 9.84 Å². The molecule has 2 aromatic carbocycles. The number of aryl methyl sites for hydroxylation is 1. The Hall–Kier alpha value is -2.93. The summed E-state index contributed by atoms with van der Waals surface area (Å²) in [6.07, 6.45) is 1.06. The number of halogens is 2. The number of aliphatic hydroxyl groups is 1. The Morgan fingerprint density at radius 2 is 1.91 bits per heavy atom. The number of aliphatic hydroxyl groups excluding tert-OH is 1. The van der Waals surface area contributed by atoms with E-state index in [1.165, 1.54) is 0 Å². The fourth-order valence-corrected chi connectivity index (χ4v) is 4.30. The molecule has 0 saturated carbocycles. The van der Waals surface area contributed by atoms with Crippen LogP contribution in [0.4, 0.5) is 0 Å². The molecule has 1 aliphatic rings. The van der Waals surface area contributed by atoms with Gasteiger partial charge in [-0.25, -0.2) is 9.69 Å². The second-order valence-corrected chi connectivity index (χ2v) is 8.58. The molecule has 1 fully saturated rings. The molecule has 34 heavy (non-hydrogen) atoms.